The van der Waals surface area contributed by atoms with Crippen LogP contribution in [-0.4, -0.2) is 74.7 Å². The summed E-state index contributed by atoms with van der Waals surface area (Å²) >= 11 is 0. The van der Waals surface area contributed by atoms with E-state index in [0.29, 0.717) is 12.0 Å². The number of benzene rings is 1. The van der Waals surface area contributed by atoms with Crippen LogP contribution in [0.5, 0.6) is 0 Å². The summed E-state index contributed by atoms with van der Waals surface area (Å²) in [4.78, 5) is 20.5. The molecule has 0 radical (unpaired) electrons. The zero-order valence-electron chi connectivity index (χ0n) is 17.3. The number of carbonyl (C=O) groups is 1. The second kappa shape index (κ2) is 11.7. The first-order valence-electron chi connectivity index (χ1n) is 10.1. The minimum absolute atomic E-state index is 0. The van der Waals surface area contributed by atoms with Crippen molar-refractivity contribution in [1.29, 1.82) is 0 Å². The molecular weight excluding hydrogens is 486 g/mol. The lowest BCUT2D eigenvalue weighted by molar-refractivity contribution is -0.127. The summed E-state index contributed by atoms with van der Waals surface area (Å²) in [5, 5.41) is 3.56. The van der Waals surface area contributed by atoms with Crippen molar-refractivity contribution < 1.29 is 13.9 Å². The van der Waals surface area contributed by atoms with Crippen molar-refractivity contribution >= 4 is 35.8 Å². The Kier molecular flexibility index (Phi) is 9.61. The third-order valence-electron chi connectivity index (χ3n) is 5.44. The standard InChI is InChI=1S/C21H31FN4O2.HI/c1-25(2)20(27)14-23-21(24-19-8-11-28-12-9-19)26-10-7-17(15-26)13-16-3-5-18(22)6-4-16;/h3-6,17,19H,7-15H2,1-2H3,(H,23,24);1H. The maximum absolute atomic E-state index is 13.1. The monoisotopic (exact) mass is 518 g/mol. The van der Waals surface area contributed by atoms with Crippen molar-refractivity contribution in [1.82, 2.24) is 15.1 Å². The highest BCUT2D eigenvalue weighted by Gasteiger charge is 2.27. The summed E-state index contributed by atoms with van der Waals surface area (Å²) in [6.45, 7) is 3.47. The number of guanidine groups is 1. The van der Waals surface area contributed by atoms with Crippen molar-refractivity contribution in [2.45, 2.75) is 31.7 Å². The average molecular weight is 518 g/mol. The number of hydrogen-bond acceptors (Lipinski definition) is 3. The number of rotatable bonds is 5. The van der Waals surface area contributed by atoms with E-state index in [1.54, 1.807) is 19.0 Å². The molecule has 1 atom stereocenters. The molecule has 1 aromatic rings. The summed E-state index contributed by atoms with van der Waals surface area (Å²) < 4.78 is 18.6. The molecule has 29 heavy (non-hydrogen) atoms. The largest absolute Gasteiger partial charge is 0.381 e. The van der Waals surface area contributed by atoms with E-state index < -0.39 is 0 Å². The van der Waals surface area contributed by atoms with Gasteiger partial charge < -0.3 is 19.9 Å². The lowest BCUT2D eigenvalue weighted by Crippen LogP contribution is -2.47. The van der Waals surface area contributed by atoms with E-state index >= 15 is 0 Å². The van der Waals surface area contributed by atoms with Gasteiger partial charge in [-0.05, 0) is 49.3 Å². The van der Waals surface area contributed by atoms with Gasteiger partial charge in [-0.15, -0.1) is 24.0 Å². The van der Waals surface area contributed by atoms with E-state index in [1.165, 1.54) is 12.1 Å². The Morgan fingerprint density at radius 3 is 2.59 bits per heavy atom. The highest BCUT2D eigenvalue weighted by atomic mass is 127. The van der Waals surface area contributed by atoms with Gasteiger partial charge in [-0.2, -0.15) is 0 Å². The van der Waals surface area contributed by atoms with Gasteiger partial charge in [0.2, 0.25) is 5.91 Å². The number of aliphatic imine (C=N–C) groups is 1. The number of amides is 1. The molecule has 2 aliphatic heterocycles. The first kappa shape index (κ1) is 23.9. The Labute approximate surface area is 189 Å². The van der Waals surface area contributed by atoms with Crippen LogP contribution in [0, 0.1) is 11.7 Å². The van der Waals surface area contributed by atoms with Gasteiger partial charge in [0.05, 0.1) is 0 Å². The van der Waals surface area contributed by atoms with E-state index in [2.05, 4.69) is 15.2 Å². The highest BCUT2D eigenvalue weighted by molar-refractivity contribution is 14.0. The Morgan fingerprint density at radius 1 is 1.24 bits per heavy atom. The van der Waals surface area contributed by atoms with E-state index in [0.717, 1.165) is 63.5 Å². The van der Waals surface area contributed by atoms with Crippen LogP contribution in [0.1, 0.15) is 24.8 Å². The number of nitrogens with zero attached hydrogens (tertiary/aromatic N) is 3. The fraction of sp³-hybridized carbons (Fsp3) is 0.619. The molecular formula is C21H32FIN4O2. The Balaban J connectivity index is 0.00000300. The molecule has 2 saturated heterocycles. The van der Waals surface area contributed by atoms with Crippen molar-refractivity contribution in [3.05, 3.63) is 35.6 Å². The predicted octanol–water partition coefficient (Wildman–Crippen LogP) is 2.52. The molecule has 3 rings (SSSR count). The van der Waals surface area contributed by atoms with Crippen LogP contribution in [0.4, 0.5) is 4.39 Å². The molecule has 1 unspecified atom stereocenters. The van der Waals surface area contributed by atoms with Crippen LogP contribution < -0.4 is 5.32 Å². The smallest absolute Gasteiger partial charge is 0.243 e. The average Bonchev–Trinajstić information content (AvgIpc) is 3.15. The van der Waals surface area contributed by atoms with Gasteiger partial charge in [0, 0.05) is 46.4 Å². The normalized spacial score (nSPS) is 20.3. The van der Waals surface area contributed by atoms with Gasteiger partial charge in [0.1, 0.15) is 12.4 Å². The zero-order valence-corrected chi connectivity index (χ0v) is 19.6. The quantitative estimate of drug-likeness (QED) is 0.370. The summed E-state index contributed by atoms with van der Waals surface area (Å²) in [5.41, 5.74) is 1.16. The van der Waals surface area contributed by atoms with E-state index in [1.807, 2.05) is 12.1 Å². The fourth-order valence-electron chi connectivity index (χ4n) is 3.69. The van der Waals surface area contributed by atoms with Gasteiger partial charge in [0.15, 0.2) is 5.96 Å². The number of likely N-dealkylation sites (tertiary alicyclic amines) is 1. The molecule has 0 saturated carbocycles. The van der Waals surface area contributed by atoms with E-state index in [9.17, 15) is 9.18 Å². The minimum Gasteiger partial charge on any atom is -0.381 e. The minimum atomic E-state index is -0.197. The summed E-state index contributed by atoms with van der Waals surface area (Å²) in [6, 6.07) is 7.10. The molecule has 1 N–H and O–H groups in total. The summed E-state index contributed by atoms with van der Waals surface area (Å²) in [5.74, 6) is 1.12. The van der Waals surface area contributed by atoms with Gasteiger partial charge in [-0.25, -0.2) is 9.38 Å². The maximum Gasteiger partial charge on any atom is 0.243 e. The molecule has 0 aromatic heterocycles. The molecule has 2 aliphatic rings. The van der Waals surface area contributed by atoms with Gasteiger partial charge >= 0.3 is 0 Å². The molecule has 162 valence electrons. The molecule has 1 aromatic carbocycles. The molecule has 0 bridgehead atoms. The van der Waals surface area contributed by atoms with E-state index in [4.69, 9.17) is 4.74 Å². The second-order valence-electron chi connectivity index (χ2n) is 7.89. The lowest BCUT2D eigenvalue weighted by Gasteiger charge is -2.29. The molecule has 1 amide bonds. The van der Waals surface area contributed by atoms with E-state index in [-0.39, 0.29) is 42.2 Å². The van der Waals surface area contributed by atoms with Crippen molar-refractivity contribution in [2.75, 3.05) is 46.9 Å². The van der Waals surface area contributed by atoms with Crippen LogP contribution in [-0.2, 0) is 16.0 Å². The van der Waals surface area contributed by atoms with Gasteiger partial charge in [-0.3, -0.25) is 4.79 Å². The molecule has 2 heterocycles. The van der Waals surface area contributed by atoms with Crippen molar-refractivity contribution in [3.8, 4) is 0 Å². The van der Waals surface area contributed by atoms with Gasteiger partial charge in [-0.1, -0.05) is 12.1 Å². The Hall–Kier alpha value is -1.42. The zero-order chi connectivity index (χ0) is 19.9. The molecule has 2 fully saturated rings. The van der Waals surface area contributed by atoms with Crippen LogP contribution in [0.3, 0.4) is 0 Å². The van der Waals surface area contributed by atoms with Crippen LogP contribution >= 0.6 is 24.0 Å². The molecule has 0 aliphatic carbocycles. The number of carbonyl (C=O) groups excluding carboxylic acids is 1. The first-order valence-corrected chi connectivity index (χ1v) is 10.1. The Bertz CT molecular complexity index is 678. The third kappa shape index (κ3) is 7.40. The first-order chi connectivity index (χ1) is 13.5. The summed E-state index contributed by atoms with van der Waals surface area (Å²) in [7, 11) is 3.50. The molecule has 8 heteroatoms. The molecule has 6 nitrogen and oxygen atoms in total. The molecule has 0 spiro atoms. The van der Waals surface area contributed by atoms with Gasteiger partial charge in [0.25, 0.3) is 0 Å². The van der Waals surface area contributed by atoms with Crippen molar-refractivity contribution in [2.24, 2.45) is 10.9 Å². The van der Waals surface area contributed by atoms with Crippen LogP contribution in [0.25, 0.3) is 0 Å². The highest BCUT2D eigenvalue weighted by Crippen LogP contribution is 2.21. The predicted molar refractivity (Wildman–Crippen MR) is 123 cm³/mol. The Morgan fingerprint density at radius 2 is 1.93 bits per heavy atom. The fourth-order valence-corrected chi connectivity index (χ4v) is 3.69. The number of nitrogens with one attached hydrogen (secondary N) is 1. The van der Waals surface area contributed by atoms with Crippen molar-refractivity contribution in [3.63, 3.8) is 0 Å². The summed E-state index contributed by atoms with van der Waals surface area (Å²) in [6.07, 6.45) is 3.90. The SMILES string of the molecule is CN(C)C(=O)CN=C(NC1CCOCC1)N1CCC(Cc2ccc(F)cc2)C1.I. The number of likely N-dealkylation sites (N-methyl/N-ethyl adjacent to an activating group) is 1. The maximum atomic E-state index is 13.1. The lowest BCUT2D eigenvalue weighted by atomic mass is 9.99. The van der Waals surface area contributed by atoms with Crippen LogP contribution in [0.2, 0.25) is 0 Å². The third-order valence-corrected chi connectivity index (χ3v) is 5.44. The van der Waals surface area contributed by atoms with Crippen LogP contribution in [0.15, 0.2) is 29.3 Å². The number of hydrogen-bond donors (Lipinski definition) is 1. The number of halogens is 2. The topological polar surface area (TPSA) is 57.2 Å². The second-order valence-corrected chi connectivity index (χ2v) is 7.89. The number of ether oxygens (including phenoxy) is 1.